The van der Waals surface area contributed by atoms with Crippen molar-refractivity contribution in [1.82, 2.24) is 20.0 Å². The molecule has 2 saturated heterocycles. The summed E-state index contributed by atoms with van der Waals surface area (Å²) in [5, 5.41) is 3.01. The van der Waals surface area contributed by atoms with Gasteiger partial charge in [-0.05, 0) is 24.8 Å². The van der Waals surface area contributed by atoms with E-state index in [1.807, 2.05) is 28.0 Å². The third-order valence-electron chi connectivity index (χ3n) is 5.51. The molecule has 1 N–H and O–H groups in total. The summed E-state index contributed by atoms with van der Waals surface area (Å²) in [7, 11) is 0. The van der Waals surface area contributed by atoms with E-state index < -0.39 is 0 Å². The first-order chi connectivity index (χ1) is 13.2. The van der Waals surface area contributed by atoms with E-state index in [0.29, 0.717) is 26.2 Å². The van der Waals surface area contributed by atoms with Crippen LogP contribution < -0.4 is 5.32 Å². The van der Waals surface area contributed by atoms with Crippen molar-refractivity contribution >= 4 is 11.9 Å². The SMILES string of the molecule is O=C(CN1CCN(C(=O)NCCc2ccccc2)CC1)N1CCCCCC1. The maximum atomic E-state index is 12.5. The summed E-state index contributed by atoms with van der Waals surface area (Å²) >= 11 is 0. The van der Waals surface area contributed by atoms with Crippen molar-refractivity contribution in [2.45, 2.75) is 32.1 Å². The second-order valence-corrected chi connectivity index (χ2v) is 7.53. The molecule has 3 amide bonds. The van der Waals surface area contributed by atoms with Gasteiger partial charge < -0.3 is 15.1 Å². The number of nitrogens with one attached hydrogen (secondary N) is 1. The molecule has 148 valence electrons. The Morgan fingerprint density at radius 2 is 1.48 bits per heavy atom. The molecule has 2 aliphatic rings. The monoisotopic (exact) mass is 372 g/mol. The highest BCUT2D eigenvalue weighted by Gasteiger charge is 2.24. The van der Waals surface area contributed by atoms with Gasteiger partial charge in [0.1, 0.15) is 0 Å². The minimum absolute atomic E-state index is 0.00410. The fourth-order valence-electron chi connectivity index (χ4n) is 3.79. The summed E-state index contributed by atoms with van der Waals surface area (Å²) in [5.74, 6) is 0.248. The molecule has 3 rings (SSSR count). The molecule has 0 aromatic heterocycles. The number of likely N-dealkylation sites (tertiary alicyclic amines) is 1. The van der Waals surface area contributed by atoms with Gasteiger partial charge in [-0.3, -0.25) is 9.69 Å². The number of piperazine rings is 1. The van der Waals surface area contributed by atoms with E-state index in [1.165, 1.54) is 18.4 Å². The van der Waals surface area contributed by atoms with Gasteiger partial charge in [-0.15, -0.1) is 0 Å². The van der Waals surface area contributed by atoms with Crippen molar-refractivity contribution < 1.29 is 9.59 Å². The smallest absolute Gasteiger partial charge is 0.317 e. The van der Waals surface area contributed by atoms with Gasteiger partial charge in [-0.1, -0.05) is 43.2 Å². The van der Waals surface area contributed by atoms with Crippen LogP contribution in [0.5, 0.6) is 0 Å². The molecule has 0 aliphatic carbocycles. The Kier molecular flexibility index (Phi) is 7.51. The molecule has 0 bridgehead atoms. The highest BCUT2D eigenvalue weighted by molar-refractivity contribution is 5.78. The van der Waals surface area contributed by atoms with Crippen molar-refractivity contribution in [1.29, 1.82) is 0 Å². The summed E-state index contributed by atoms with van der Waals surface area (Å²) in [6.07, 6.45) is 5.58. The summed E-state index contributed by atoms with van der Waals surface area (Å²) in [5.41, 5.74) is 1.23. The largest absolute Gasteiger partial charge is 0.342 e. The van der Waals surface area contributed by atoms with Crippen molar-refractivity contribution in [3.05, 3.63) is 35.9 Å². The van der Waals surface area contributed by atoms with Crippen LogP contribution in [0.2, 0.25) is 0 Å². The Labute approximate surface area is 162 Å². The van der Waals surface area contributed by atoms with E-state index in [1.54, 1.807) is 0 Å². The predicted octanol–water partition coefficient (Wildman–Crippen LogP) is 1.96. The van der Waals surface area contributed by atoms with Crippen LogP contribution in [0.15, 0.2) is 30.3 Å². The van der Waals surface area contributed by atoms with Gasteiger partial charge in [0.05, 0.1) is 6.54 Å². The number of hydrogen-bond acceptors (Lipinski definition) is 3. The Balaban J connectivity index is 1.34. The van der Waals surface area contributed by atoms with Crippen molar-refractivity contribution in [2.75, 3.05) is 52.4 Å². The zero-order valence-electron chi connectivity index (χ0n) is 16.2. The summed E-state index contributed by atoms with van der Waals surface area (Å²) in [6, 6.07) is 10.2. The van der Waals surface area contributed by atoms with Gasteiger partial charge in [0.15, 0.2) is 0 Å². The van der Waals surface area contributed by atoms with Gasteiger partial charge in [0.2, 0.25) is 5.91 Å². The lowest BCUT2D eigenvalue weighted by Crippen LogP contribution is -2.54. The van der Waals surface area contributed by atoms with Crippen LogP contribution in [-0.4, -0.2) is 79.0 Å². The molecule has 2 aliphatic heterocycles. The van der Waals surface area contributed by atoms with Crippen LogP contribution in [-0.2, 0) is 11.2 Å². The van der Waals surface area contributed by atoms with Crippen molar-refractivity contribution in [3.63, 3.8) is 0 Å². The highest BCUT2D eigenvalue weighted by atomic mass is 16.2. The number of amides is 3. The molecule has 0 spiro atoms. The second kappa shape index (κ2) is 10.3. The molecule has 2 heterocycles. The van der Waals surface area contributed by atoms with Crippen LogP contribution >= 0.6 is 0 Å². The molecule has 1 aromatic carbocycles. The van der Waals surface area contributed by atoms with Crippen LogP contribution in [0.4, 0.5) is 4.79 Å². The van der Waals surface area contributed by atoms with E-state index in [-0.39, 0.29) is 11.9 Å². The average Bonchev–Trinajstić information content (AvgIpc) is 2.99. The quantitative estimate of drug-likeness (QED) is 0.860. The predicted molar refractivity (Wildman–Crippen MR) is 107 cm³/mol. The lowest BCUT2D eigenvalue weighted by molar-refractivity contribution is -0.132. The number of benzene rings is 1. The molecule has 6 nitrogen and oxygen atoms in total. The molecule has 2 fully saturated rings. The van der Waals surface area contributed by atoms with E-state index in [9.17, 15) is 9.59 Å². The number of carbonyl (C=O) groups excluding carboxylic acids is 2. The van der Waals surface area contributed by atoms with E-state index >= 15 is 0 Å². The average molecular weight is 373 g/mol. The zero-order chi connectivity index (χ0) is 18.9. The van der Waals surface area contributed by atoms with E-state index in [4.69, 9.17) is 0 Å². The van der Waals surface area contributed by atoms with Crippen molar-refractivity contribution in [2.24, 2.45) is 0 Å². The van der Waals surface area contributed by atoms with Gasteiger partial charge in [-0.2, -0.15) is 0 Å². The van der Waals surface area contributed by atoms with E-state index in [0.717, 1.165) is 45.4 Å². The number of rotatable bonds is 5. The molecule has 27 heavy (non-hydrogen) atoms. The van der Waals surface area contributed by atoms with Crippen LogP contribution in [0.1, 0.15) is 31.2 Å². The summed E-state index contributed by atoms with van der Waals surface area (Å²) in [4.78, 5) is 30.9. The van der Waals surface area contributed by atoms with Crippen LogP contribution in [0.25, 0.3) is 0 Å². The number of hydrogen-bond donors (Lipinski definition) is 1. The van der Waals surface area contributed by atoms with Crippen molar-refractivity contribution in [3.8, 4) is 0 Å². The van der Waals surface area contributed by atoms with Crippen LogP contribution in [0, 0.1) is 0 Å². The normalized spacial score (nSPS) is 18.8. The van der Waals surface area contributed by atoms with Gasteiger partial charge in [0.25, 0.3) is 0 Å². The minimum atomic E-state index is 0.00410. The first kappa shape index (κ1) is 19.7. The fraction of sp³-hybridized carbons (Fsp3) is 0.619. The topological polar surface area (TPSA) is 55.9 Å². The molecule has 0 saturated carbocycles. The Bertz CT molecular complexity index is 591. The maximum absolute atomic E-state index is 12.5. The first-order valence-corrected chi connectivity index (χ1v) is 10.3. The summed E-state index contributed by atoms with van der Waals surface area (Å²) in [6.45, 7) is 5.86. The highest BCUT2D eigenvalue weighted by Crippen LogP contribution is 2.11. The fourth-order valence-corrected chi connectivity index (χ4v) is 3.79. The molecular weight excluding hydrogens is 340 g/mol. The van der Waals surface area contributed by atoms with Gasteiger partial charge >= 0.3 is 6.03 Å². The number of urea groups is 1. The lowest BCUT2D eigenvalue weighted by Gasteiger charge is -2.35. The third kappa shape index (κ3) is 6.24. The molecule has 1 aromatic rings. The Morgan fingerprint density at radius 1 is 0.815 bits per heavy atom. The third-order valence-corrected chi connectivity index (χ3v) is 5.51. The molecule has 6 heteroatoms. The summed E-state index contributed by atoms with van der Waals surface area (Å²) < 4.78 is 0. The zero-order valence-corrected chi connectivity index (χ0v) is 16.2. The van der Waals surface area contributed by atoms with Gasteiger partial charge in [-0.25, -0.2) is 4.79 Å². The standard InChI is InChI=1S/C21H32N4O2/c26-20(24-12-6-1-2-7-13-24)18-23-14-16-25(17-15-23)21(27)22-11-10-19-8-4-3-5-9-19/h3-5,8-9H,1-2,6-7,10-18H2,(H,22,27). The number of carbonyl (C=O) groups is 2. The number of nitrogens with zero attached hydrogens (tertiary/aromatic N) is 3. The van der Waals surface area contributed by atoms with Crippen LogP contribution in [0.3, 0.4) is 0 Å². The second-order valence-electron chi connectivity index (χ2n) is 7.53. The Hall–Kier alpha value is -2.08. The molecule has 0 atom stereocenters. The lowest BCUT2D eigenvalue weighted by atomic mass is 10.1. The minimum Gasteiger partial charge on any atom is -0.342 e. The molecular formula is C21H32N4O2. The molecule has 0 radical (unpaired) electrons. The molecule has 0 unspecified atom stereocenters. The maximum Gasteiger partial charge on any atom is 0.317 e. The first-order valence-electron chi connectivity index (χ1n) is 10.3. The Morgan fingerprint density at radius 3 is 2.15 bits per heavy atom. The van der Waals surface area contributed by atoms with Gasteiger partial charge in [0, 0.05) is 45.8 Å². The van der Waals surface area contributed by atoms with E-state index in [2.05, 4.69) is 22.3 Å².